The largest absolute Gasteiger partial charge is 0.391 e. The molecule has 1 aliphatic heterocycles. The predicted octanol–water partition coefficient (Wildman–Crippen LogP) is 2.22. The number of amides is 1. The lowest BCUT2D eigenvalue weighted by Gasteiger charge is -2.36. The fourth-order valence-electron chi connectivity index (χ4n) is 3.80. The molecule has 0 bridgehead atoms. The monoisotopic (exact) mass is 430 g/mol. The molecule has 0 radical (unpaired) electrons. The standard InChI is InChI=1S/C24H31FN2O4/c1-30-13-12-27(24(29)20-7-9-21(25)10-8-20)18-23-17-26(11-14-31-23)16-22(28)15-19-5-3-2-4-6-19/h2-10,22-23,28H,11-18H2,1H3/t22-,23+/m1/s1. The number of ether oxygens (including phenoxy) is 2. The van der Waals surface area contributed by atoms with Crippen LogP contribution in [0, 0.1) is 5.82 Å². The van der Waals surface area contributed by atoms with E-state index in [-0.39, 0.29) is 17.8 Å². The first kappa shape index (κ1) is 23.3. The van der Waals surface area contributed by atoms with Crippen molar-refractivity contribution in [1.29, 1.82) is 0 Å². The highest BCUT2D eigenvalue weighted by Crippen LogP contribution is 2.13. The minimum atomic E-state index is -0.466. The Bertz CT molecular complexity index is 803. The molecule has 3 rings (SSSR count). The molecule has 6 nitrogen and oxygen atoms in total. The number of aliphatic hydroxyl groups is 1. The Morgan fingerprint density at radius 1 is 1.26 bits per heavy atom. The van der Waals surface area contributed by atoms with Gasteiger partial charge in [0.15, 0.2) is 0 Å². The zero-order chi connectivity index (χ0) is 22.1. The van der Waals surface area contributed by atoms with Crippen LogP contribution < -0.4 is 0 Å². The van der Waals surface area contributed by atoms with Crippen LogP contribution in [0.5, 0.6) is 0 Å². The van der Waals surface area contributed by atoms with E-state index in [4.69, 9.17) is 9.47 Å². The SMILES string of the molecule is COCCN(C[C@@H]1CN(C[C@H](O)Cc2ccccc2)CCO1)C(=O)c1ccc(F)cc1. The van der Waals surface area contributed by atoms with E-state index in [9.17, 15) is 14.3 Å². The van der Waals surface area contributed by atoms with Crippen molar-refractivity contribution < 1.29 is 23.8 Å². The maximum Gasteiger partial charge on any atom is 0.254 e. The van der Waals surface area contributed by atoms with Crippen LogP contribution in [0.1, 0.15) is 15.9 Å². The molecular formula is C24H31FN2O4. The van der Waals surface area contributed by atoms with E-state index < -0.39 is 6.10 Å². The van der Waals surface area contributed by atoms with Gasteiger partial charge in [-0.1, -0.05) is 30.3 Å². The van der Waals surface area contributed by atoms with Crippen molar-refractivity contribution in [2.24, 2.45) is 0 Å². The van der Waals surface area contributed by atoms with Crippen molar-refractivity contribution in [3.05, 3.63) is 71.5 Å². The molecule has 0 aliphatic carbocycles. The summed E-state index contributed by atoms with van der Waals surface area (Å²) >= 11 is 0. The molecule has 0 unspecified atom stereocenters. The zero-order valence-electron chi connectivity index (χ0n) is 18.0. The van der Waals surface area contributed by atoms with E-state index in [2.05, 4.69) is 4.90 Å². The number of aliphatic hydroxyl groups excluding tert-OH is 1. The molecule has 1 saturated heterocycles. The highest BCUT2D eigenvalue weighted by molar-refractivity contribution is 5.94. The van der Waals surface area contributed by atoms with Crippen LogP contribution in [0.25, 0.3) is 0 Å². The summed E-state index contributed by atoms with van der Waals surface area (Å²) in [6.45, 7) is 3.70. The first-order valence-electron chi connectivity index (χ1n) is 10.6. The van der Waals surface area contributed by atoms with Crippen molar-refractivity contribution in [3.8, 4) is 0 Å². The first-order valence-corrected chi connectivity index (χ1v) is 10.6. The molecule has 1 heterocycles. The zero-order valence-corrected chi connectivity index (χ0v) is 18.0. The van der Waals surface area contributed by atoms with Gasteiger partial charge in [-0.2, -0.15) is 0 Å². The average molecular weight is 431 g/mol. The van der Waals surface area contributed by atoms with Gasteiger partial charge < -0.3 is 19.5 Å². The van der Waals surface area contributed by atoms with Crippen LogP contribution in [0.4, 0.5) is 4.39 Å². The number of nitrogens with zero attached hydrogens (tertiary/aromatic N) is 2. The van der Waals surface area contributed by atoms with Gasteiger partial charge in [0.25, 0.3) is 5.91 Å². The summed E-state index contributed by atoms with van der Waals surface area (Å²) in [5.74, 6) is -0.554. The normalized spacial score (nSPS) is 18.0. The number of carbonyl (C=O) groups is 1. The van der Waals surface area contributed by atoms with Gasteiger partial charge in [0.05, 0.1) is 25.4 Å². The number of morpholine rings is 1. The summed E-state index contributed by atoms with van der Waals surface area (Å²) in [4.78, 5) is 16.8. The Hall–Kier alpha value is -2.32. The molecule has 31 heavy (non-hydrogen) atoms. The number of benzene rings is 2. The van der Waals surface area contributed by atoms with Crippen LogP contribution in [0.3, 0.4) is 0 Å². The number of halogens is 1. The summed E-state index contributed by atoms with van der Waals surface area (Å²) in [6.07, 6.45) is -0.0307. The summed E-state index contributed by atoms with van der Waals surface area (Å²) in [7, 11) is 1.59. The molecule has 168 valence electrons. The number of hydrogen-bond acceptors (Lipinski definition) is 5. The fraction of sp³-hybridized carbons (Fsp3) is 0.458. The predicted molar refractivity (Wildman–Crippen MR) is 117 cm³/mol. The minimum absolute atomic E-state index is 0.168. The van der Waals surface area contributed by atoms with Crippen molar-refractivity contribution in [1.82, 2.24) is 9.80 Å². The lowest BCUT2D eigenvalue weighted by Crippen LogP contribution is -2.51. The fourth-order valence-corrected chi connectivity index (χ4v) is 3.80. The van der Waals surface area contributed by atoms with Crippen LogP contribution in [0.2, 0.25) is 0 Å². The van der Waals surface area contributed by atoms with Gasteiger partial charge in [-0.05, 0) is 36.2 Å². The number of carbonyl (C=O) groups excluding carboxylic acids is 1. The van der Waals surface area contributed by atoms with Crippen molar-refractivity contribution in [2.45, 2.75) is 18.6 Å². The molecule has 2 aromatic carbocycles. The third kappa shape index (κ3) is 7.40. The Morgan fingerprint density at radius 3 is 2.71 bits per heavy atom. The molecule has 1 N–H and O–H groups in total. The topological polar surface area (TPSA) is 62.2 Å². The molecule has 1 aliphatic rings. The molecule has 0 spiro atoms. The third-order valence-corrected chi connectivity index (χ3v) is 5.37. The second kappa shape index (κ2) is 11.9. The van der Waals surface area contributed by atoms with E-state index in [1.54, 1.807) is 12.0 Å². The molecular weight excluding hydrogens is 399 g/mol. The smallest absolute Gasteiger partial charge is 0.254 e. The summed E-state index contributed by atoms with van der Waals surface area (Å²) < 4.78 is 24.3. The van der Waals surface area contributed by atoms with Crippen molar-refractivity contribution in [2.75, 3.05) is 53.0 Å². The minimum Gasteiger partial charge on any atom is -0.391 e. The van der Waals surface area contributed by atoms with E-state index in [1.165, 1.54) is 24.3 Å². The lowest BCUT2D eigenvalue weighted by atomic mass is 10.1. The second-order valence-electron chi connectivity index (χ2n) is 7.85. The van der Waals surface area contributed by atoms with Crippen molar-refractivity contribution >= 4 is 5.91 Å². The van der Waals surface area contributed by atoms with E-state index >= 15 is 0 Å². The molecule has 7 heteroatoms. The molecule has 1 fully saturated rings. The van der Waals surface area contributed by atoms with Crippen LogP contribution in [-0.2, 0) is 15.9 Å². The Kier molecular flexibility index (Phi) is 8.97. The van der Waals surface area contributed by atoms with Gasteiger partial charge in [0.2, 0.25) is 0 Å². The average Bonchev–Trinajstić information content (AvgIpc) is 2.77. The Balaban J connectivity index is 1.56. The molecule has 1 amide bonds. The molecule has 0 aromatic heterocycles. The lowest BCUT2D eigenvalue weighted by molar-refractivity contribution is -0.0515. The van der Waals surface area contributed by atoms with Crippen molar-refractivity contribution in [3.63, 3.8) is 0 Å². The van der Waals surface area contributed by atoms with Crippen LogP contribution in [-0.4, -0.2) is 86.1 Å². The number of β-amino-alcohol motifs (C(OH)–C–C–N with tert-alkyl or cyclic N) is 1. The van der Waals surface area contributed by atoms with Crippen LogP contribution >= 0.6 is 0 Å². The maximum atomic E-state index is 13.2. The first-order chi connectivity index (χ1) is 15.0. The number of hydrogen-bond donors (Lipinski definition) is 1. The molecule has 0 saturated carbocycles. The number of methoxy groups -OCH3 is 1. The van der Waals surface area contributed by atoms with Crippen LogP contribution in [0.15, 0.2) is 54.6 Å². The summed E-state index contributed by atoms with van der Waals surface area (Å²) in [5, 5.41) is 10.5. The maximum absolute atomic E-state index is 13.2. The Morgan fingerprint density at radius 2 is 2.00 bits per heavy atom. The summed E-state index contributed by atoms with van der Waals surface area (Å²) in [6, 6.07) is 15.5. The van der Waals surface area contributed by atoms with Gasteiger partial charge in [-0.3, -0.25) is 9.69 Å². The molecule has 2 aromatic rings. The Labute approximate surface area is 183 Å². The second-order valence-corrected chi connectivity index (χ2v) is 7.85. The van der Waals surface area contributed by atoms with E-state index in [1.807, 2.05) is 30.3 Å². The van der Waals surface area contributed by atoms with Gasteiger partial charge in [0.1, 0.15) is 5.82 Å². The van der Waals surface area contributed by atoms with E-state index in [0.29, 0.717) is 51.4 Å². The van der Waals surface area contributed by atoms with Gasteiger partial charge in [-0.25, -0.2) is 4.39 Å². The highest BCUT2D eigenvalue weighted by atomic mass is 19.1. The highest BCUT2D eigenvalue weighted by Gasteiger charge is 2.26. The van der Waals surface area contributed by atoms with E-state index in [0.717, 1.165) is 12.1 Å². The quantitative estimate of drug-likeness (QED) is 0.626. The van der Waals surface area contributed by atoms with Gasteiger partial charge >= 0.3 is 0 Å². The molecule has 2 atom stereocenters. The van der Waals surface area contributed by atoms with Gasteiger partial charge in [0, 0.05) is 45.4 Å². The van der Waals surface area contributed by atoms with Gasteiger partial charge in [-0.15, -0.1) is 0 Å². The number of rotatable bonds is 10. The summed E-state index contributed by atoms with van der Waals surface area (Å²) in [5.41, 5.74) is 1.54. The third-order valence-electron chi connectivity index (χ3n) is 5.37.